The Bertz CT molecular complexity index is 370. The van der Waals surface area contributed by atoms with E-state index in [-0.39, 0.29) is 5.97 Å². The molecule has 0 aliphatic carbocycles. The van der Waals surface area contributed by atoms with Gasteiger partial charge in [0.05, 0.1) is 13.5 Å². The first kappa shape index (κ1) is 9.52. The predicted octanol–water partition coefficient (Wildman–Crippen LogP) is 2.31. The Hall–Kier alpha value is -1.03. The lowest BCUT2D eigenvalue weighted by molar-refractivity contribution is -0.135. The SMILES string of the molecule is COc1cc(Br)cc2c1OC(=O)CC2. The van der Waals surface area contributed by atoms with E-state index < -0.39 is 0 Å². The van der Waals surface area contributed by atoms with E-state index in [1.54, 1.807) is 13.2 Å². The highest BCUT2D eigenvalue weighted by Gasteiger charge is 2.21. The van der Waals surface area contributed by atoms with Gasteiger partial charge >= 0.3 is 5.97 Å². The molecule has 0 unspecified atom stereocenters. The van der Waals surface area contributed by atoms with E-state index in [2.05, 4.69) is 15.9 Å². The molecule has 0 bridgehead atoms. The first-order chi connectivity index (χ1) is 6.70. The molecule has 0 amide bonds. The average Bonchev–Trinajstić information content (AvgIpc) is 2.17. The molecule has 1 aromatic carbocycles. The van der Waals surface area contributed by atoms with Crippen molar-refractivity contribution in [3.8, 4) is 11.5 Å². The minimum absolute atomic E-state index is 0.196. The van der Waals surface area contributed by atoms with E-state index in [0.29, 0.717) is 24.3 Å². The predicted molar refractivity (Wildman–Crippen MR) is 54.7 cm³/mol. The number of hydrogen-bond acceptors (Lipinski definition) is 3. The van der Waals surface area contributed by atoms with Gasteiger partial charge in [-0.05, 0) is 18.6 Å². The number of carbonyl (C=O) groups excluding carboxylic acids is 1. The summed E-state index contributed by atoms with van der Waals surface area (Å²) in [5.41, 5.74) is 1.01. The van der Waals surface area contributed by atoms with Crippen molar-refractivity contribution < 1.29 is 14.3 Å². The highest BCUT2D eigenvalue weighted by Crippen LogP contribution is 2.37. The van der Waals surface area contributed by atoms with E-state index in [0.717, 1.165) is 10.0 Å². The van der Waals surface area contributed by atoms with Crippen molar-refractivity contribution in [3.05, 3.63) is 22.2 Å². The third-order valence-corrected chi connectivity index (χ3v) is 2.59. The second-order valence-corrected chi connectivity index (χ2v) is 3.99. The normalized spacial score (nSPS) is 14.6. The number of benzene rings is 1. The summed E-state index contributed by atoms with van der Waals surface area (Å²) in [5.74, 6) is 0.965. The van der Waals surface area contributed by atoms with Crippen molar-refractivity contribution in [2.45, 2.75) is 12.8 Å². The molecule has 0 spiro atoms. The standard InChI is InChI=1S/C10H9BrO3/c1-13-8-5-7(11)4-6-2-3-9(12)14-10(6)8/h4-5H,2-3H2,1H3. The molecule has 0 fully saturated rings. The lowest BCUT2D eigenvalue weighted by Gasteiger charge is -2.18. The van der Waals surface area contributed by atoms with Gasteiger partial charge < -0.3 is 9.47 Å². The van der Waals surface area contributed by atoms with Crippen LogP contribution in [0.1, 0.15) is 12.0 Å². The number of methoxy groups -OCH3 is 1. The summed E-state index contributed by atoms with van der Waals surface area (Å²) in [4.78, 5) is 11.1. The fourth-order valence-corrected chi connectivity index (χ4v) is 1.96. The van der Waals surface area contributed by atoms with Gasteiger partial charge in [-0.2, -0.15) is 0 Å². The Morgan fingerprint density at radius 2 is 2.21 bits per heavy atom. The lowest BCUT2D eigenvalue weighted by Crippen LogP contribution is -2.16. The molecular formula is C10H9BrO3. The van der Waals surface area contributed by atoms with Gasteiger partial charge in [0.15, 0.2) is 11.5 Å². The number of aryl methyl sites for hydroxylation is 1. The molecule has 1 aliphatic rings. The molecule has 0 saturated heterocycles. The molecule has 2 rings (SSSR count). The van der Waals surface area contributed by atoms with Gasteiger partial charge in [-0.15, -0.1) is 0 Å². The molecule has 74 valence electrons. The first-order valence-corrected chi connectivity index (χ1v) is 5.07. The highest BCUT2D eigenvalue weighted by molar-refractivity contribution is 9.10. The topological polar surface area (TPSA) is 35.5 Å². The van der Waals surface area contributed by atoms with Crippen molar-refractivity contribution in [1.82, 2.24) is 0 Å². The Morgan fingerprint density at radius 3 is 2.93 bits per heavy atom. The summed E-state index contributed by atoms with van der Waals surface area (Å²) >= 11 is 3.38. The Kier molecular flexibility index (Phi) is 2.46. The molecule has 0 radical (unpaired) electrons. The van der Waals surface area contributed by atoms with Gasteiger partial charge in [0, 0.05) is 10.0 Å². The maximum atomic E-state index is 11.1. The molecule has 0 aromatic heterocycles. The van der Waals surface area contributed by atoms with E-state index >= 15 is 0 Å². The summed E-state index contributed by atoms with van der Waals surface area (Å²) in [6, 6.07) is 3.74. The number of fused-ring (bicyclic) bond motifs is 1. The fourth-order valence-electron chi connectivity index (χ4n) is 1.48. The summed E-state index contributed by atoms with van der Waals surface area (Å²) in [7, 11) is 1.56. The van der Waals surface area contributed by atoms with Crippen LogP contribution in [0.3, 0.4) is 0 Å². The summed E-state index contributed by atoms with van der Waals surface area (Å²) in [6.07, 6.45) is 1.15. The van der Waals surface area contributed by atoms with E-state index in [1.165, 1.54) is 0 Å². The number of esters is 1. The second-order valence-electron chi connectivity index (χ2n) is 3.07. The number of ether oxygens (including phenoxy) is 2. The fraction of sp³-hybridized carbons (Fsp3) is 0.300. The van der Waals surface area contributed by atoms with Gasteiger partial charge in [0.1, 0.15) is 0 Å². The first-order valence-electron chi connectivity index (χ1n) is 4.28. The minimum atomic E-state index is -0.196. The molecule has 1 heterocycles. The van der Waals surface area contributed by atoms with E-state index in [9.17, 15) is 4.79 Å². The number of carbonyl (C=O) groups is 1. The number of hydrogen-bond donors (Lipinski definition) is 0. The molecule has 3 nitrogen and oxygen atoms in total. The van der Waals surface area contributed by atoms with Gasteiger partial charge in [-0.25, -0.2) is 0 Å². The second kappa shape index (κ2) is 3.61. The third kappa shape index (κ3) is 1.62. The zero-order chi connectivity index (χ0) is 10.1. The van der Waals surface area contributed by atoms with Crippen LogP contribution in [0.4, 0.5) is 0 Å². The molecule has 1 aromatic rings. The van der Waals surface area contributed by atoms with Crippen LogP contribution in [-0.4, -0.2) is 13.1 Å². The Morgan fingerprint density at radius 1 is 1.43 bits per heavy atom. The smallest absolute Gasteiger partial charge is 0.311 e. The maximum absolute atomic E-state index is 11.1. The number of halogens is 1. The van der Waals surface area contributed by atoms with Crippen molar-refractivity contribution >= 4 is 21.9 Å². The van der Waals surface area contributed by atoms with Crippen LogP contribution >= 0.6 is 15.9 Å². The van der Waals surface area contributed by atoms with Crippen molar-refractivity contribution in [2.75, 3.05) is 7.11 Å². The van der Waals surface area contributed by atoms with Gasteiger partial charge in [0.2, 0.25) is 0 Å². The zero-order valence-corrected chi connectivity index (χ0v) is 9.26. The molecule has 4 heteroatoms. The summed E-state index contributed by atoms with van der Waals surface area (Å²) in [6.45, 7) is 0. The van der Waals surface area contributed by atoms with Crippen LogP contribution in [0.2, 0.25) is 0 Å². The Labute approximate surface area is 90.1 Å². The molecular weight excluding hydrogens is 248 g/mol. The molecule has 0 saturated carbocycles. The summed E-state index contributed by atoms with van der Waals surface area (Å²) in [5, 5.41) is 0. The van der Waals surface area contributed by atoms with E-state index in [4.69, 9.17) is 9.47 Å². The van der Waals surface area contributed by atoms with Crippen LogP contribution in [0, 0.1) is 0 Å². The monoisotopic (exact) mass is 256 g/mol. The van der Waals surface area contributed by atoms with Crippen LogP contribution in [0.5, 0.6) is 11.5 Å². The van der Waals surface area contributed by atoms with Gasteiger partial charge in [-0.1, -0.05) is 15.9 Å². The van der Waals surface area contributed by atoms with E-state index in [1.807, 2.05) is 6.07 Å². The van der Waals surface area contributed by atoms with Crippen LogP contribution in [0.25, 0.3) is 0 Å². The third-order valence-electron chi connectivity index (χ3n) is 2.13. The summed E-state index contributed by atoms with van der Waals surface area (Å²) < 4.78 is 11.2. The van der Waals surface area contributed by atoms with Gasteiger partial charge in [0.25, 0.3) is 0 Å². The highest BCUT2D eigenvalue weighted by atomic mass is 79.9. The zero-order valence-electron chi connectivity index (χ0n) is 7.67. The minimum Gasteiger partial charge on any atom is -0.493 e. The van der Waals surface area contributed by atoms with Crippen molar-refractivity contribution in [1.29, 1.82) is 0 Å². The van der Waals surface area contributed by atoms with Crippen LogP contribution in [-0.2, 0) is 11.2 Å². The maximum Gasteiger partial charge on any atom is 0.311 e. The largest absolute Gasteiger partial charge is 0.493 e. The van der Waals surface area contributed by atoms with Crippen LogP contribution < -0.4 is 9.47 Å². The molecule has 0 N–H and O–H groups in total. The quantitative estimate of drug-likeness (QED) is 0.572. The Balaban J connectivity index is 2.52. The number of rotatable bonds is 1. The molecule has 14 heavy (non-hydrogen) atoms. The lowest BCUT2D eigenvalue weighted by atomic mass is 10.1. The molecule has 0 atom stereocenters. The van der Waals surface area contributed by atoms with Crippen molar-refractivity contribution in [3.63, 3.8) is 0 Å². The van der Waals surface area contributed by atoms with Crippen LogP contribution in [0.15, 0.2) is 16.6 Å². The van der Waals surface area contributed by atoms with Gasteiger partial charge in [-0.3, -0.25) is 4.79 Å². The molecule has 1 aliphatic heterocycles. The average molecular weight is 257 g/mol. The van der Waals surface area contributed by atoms with Crippen molar-refractivity contribution in [2.24, 2.45) is 0 Å².